The number of amides is 1. The highest BCUT2D eigenvalue weighted by atomic mass is 16.7. The van der Waals surface area contributed by atoms with Crippen molar-refractivity contribution in [1.82, 2.24) is 14.9 Å². The summed E-state index contributed by atoms with van der Waals surface area (Å²) >= 11 is 0. The Kier molecular flexibility index (Phi) is 12.4. The third-order valence-corrected chi connectivity index (χ3v) is 5.61. The van der Waals surface area contributed by atoms with Crippen molar-refractivity contribution >= 4 is 23.8 Å². The van der Waals surface area contributed by atoms with Gasteiger partial charge in [0.1, 0.15) is 18.3 Å². The molecule has 0 bridgehead atoms. The minimum atomic E-state index is -1.32. The van der Waals surface area contributed by atoms with E-state index in [1.54, 1.807) is 0 Å². The lowest BCUT2D eigenvalue weighted by atomic mass is 10.1. The van der Waals surface area contributed by atoms with Crippen molar-refractivity contribution in [2.75, 3.05) is 13.2 Å². The van der Waals surface area contributed by atoms with Gasteiger partial charge in [-0.3, -0.25) is 33.5 Å². The van der Waals surface area contributed by atoms with Gasteiger partial charge in [-0.1, -0.05) is 25.2 Å². The van der Waals surface area contributed by atoms with E-state index in [0.29, 0.717) is 32.2 Å². The Morgan fingerprint density at radius 1 is 1.03 bits per heavy atom. The van der Waals surface area contributed by atoms with E-state index in [0.717, 1.165) is 37.5 Å². The molecule has 4 atom stereocenters. The minimum absolute atomic E-state index is 0.0158. The Hall–Kier alpha value is -3.92. The van der Waals surface area contributed by atoms with E-state index in [9.17, 15) is 28.8 Å². The predicted molar refractivity (Wildman–Crippen MR) is 136 cm³/mol. The van der Waals surface area contributed by atoms with Crippen LogP contribution in [0, 0.1) is 11.8 Å². The number of ether oxygens (including phenoxy) is 4. The fourth-order valence-electron chi connectivity index (χ4n) is 3.83. The van der Waals surface area contributed by atoms with E-state index in [1.807, 2.05) is 6.92 Å². The molecule has 13 nitrogen and oxygen atoms in total. The summed E-state index contributed by atoms with van der Waals surface area (Å²) in [6, 6.07) is 0. The van der Waals surface area contributed by atoms with E-state index in [-0.39, 0.29) is 18.1 Å². The summed E-state index contributed by atoms with van der Waals surface area (Å²) in [5.41, 5.74) is -1.66. The van der Waals surface area contributed by atoms with Gasteiger partial charge in [0.2, 0.25) is 5.91 Å². The van der Waals surface area contributed by atoms with Crippen LogP contribution in [-0.4, -0.2) is 64.8 Å². The number of carbonyl (C=O) groups is 4. The fraction of sp³-hybridized carbons (Fsp3) is 0.615. The monoisotopic (exact) mass is 549 g/mol. The molecule has 1 aromatic rings. The van der Waals surface area contributed by atoms with E-state index >= 15 is 0 Å². The molecule has 0 spiro atoms. The van der Waals surface area contributed by atoms with Crippen molar-refractivity contribution in [3.05, 3.63) is 32.6 Å². The largest absolute Gasteiger partial charge is 0.463 e. The molecule has 1 saturated heterocycles. The van der Waals surface area contributed by atoms with Crippen molar-refractivity contribution in [3.63, 3.8) is 0 Å². The highest BCUT2D eigenvalue weighted by Crippen LogP contribution is 2.33. The Morgan fingerprint density at radius 3 is 2.36 bits per heavy atom. The average molecular weight is 550 g/mol. The van der Waals surface area contributed by atoms with Crippen LogP contribution in [0.4, 0.5) is 0 Å². The van der Waals surface area contributed by atoms with Gasteiger partial charge < -0.3 is 24.3 Å². The number of H-pyrrole nitrogens is 1. The van der Waals surface area contributed by atoms with E-state index in [2.05, 4.69) is 22.1 Å². The number of rotatable bonds is 12. The molecule has 39 heavy (non-hydrogen) atoms. The summed E-state index contributed by atoms with van der Waals surface area (Å²) in [6.07, 6.45) is 0.256. The second kappa shape index (κ2) is 15.5. The normalized spacial score (nSPS) is 19.9. The number of aromatic nitrogens is 2. The highest BCUT2D eigenvalue weighted by Gasteiger charge is 2.51. The average Bonchev–Trinajstić information content (AvgIpc) is 3.16. The smallest absolute Gasteiger partial charge is 0.330 e. The van der Waals surface area contributed by atoms with Gasteiger partial charge in [0, 0.05) is 46.4 Å². The Labute approximate surface area is 225 Å². The molecule has 1 aliphatic rings. The van der Waals surface area contributed by atoms with Gasteiger partial charge in [-0.25, -0.2) is 4.79 Å². The summed E-state index contributed by atoms with van der Waals surface area (Å²) < 4.78 is 22.4. The maximum Gasteiger partial charge on any atom is 0.330 e. The number of esters is 3. The SMILES string of the molecule is CCCCNC(=O)CCCCC#Cc1cn([C@@H]2O[C@H](COC(C)=O)[C@@H](OC(C)=O)[C@@H]2OC(C)=O)c(=O)[nH]c1=O. The molecule has 2 N–H and O–H groups in total. The van der Waals surface area contributed by atoms with Crippen molar-refractivity contribution in [2.45, 2.75) is 90.8 Å². The van der Waals surface area contributed by atoms with Crippen molar-refractivity contribution in [2.24, 2.45) is 0 Å². The van der Waals surface area contributed by atoms with Gasteiger partial charge in [0.05, 0.1) is 0 Å². The number of unbranched alkanes of at least 4 members (excludes halogenated alkanes) is 3. The maximum atomic E-state index is 12.7. The molecule has 0 aliphatic carbocycles. The molecule has 13 heteroatoms. The molecule has 0 saturated carbocycles. The second-order valence-corrected chi connectivity index (χ2v) is 8.94. The highest BCUT2D eigenvalue weighted by molar-refractivity contribution is 5.75. The molecule has 0 aromatic carbocycles. The Bertz CT molecular complexity index is 1210. The van der Waals surface area contributed by atoms with Crippen LogP contribution in [-0.2, 0) is 38.1 Å². The fourth-order valence-corrected chi connectivity index (χ4v) is 3.83. The summed E-state index contributed by atoms with van der Waals surface area (Å²) in [5, 5.41) is 2.84. The number of hydrogen-bond acceptors (Lipinski definition) is 10. The minimum Gasteiger partial charge on any atom is -0.463 e. The molecular weight excluding hydrogens is 514 g/mol. The zero-order valence-electron chi connectivity index (χ0n) is 22.6. The van der Waals surface area contributed by atoms with Crippen LogP contribution in [0.1, 0.15) is 78.0 Å². The molecular formula is C26H35N3O10. The van der Waals surface area contributed by atoms with E-state index in [4.69, 9.17) is 18.9 Å². The second-order valence-electron chi connectivity index (χ2n) is 8.94. The molecule has 2 rings (SSSR count). The third-order valence-electron chi connectivity index (χ3n) is 5.61. The Morgan fingerprint density at radius 2 is 1.72 bits per heavy atom. The summed E-state index contributed by atoms with van der Waals surface area (Å²) in [7, 11) is 0. The van der Waals surface area contributed by atoms with Gasteiger partial charge in [0.25, 0.3) is 5.56 Å². The molecule has 1 aliphatic heterocycles. The summed E-state index contributed by atoms with van der Waals surface area (Å²) in [5.74, 6) is 3.48. The first kappa shape index (κ1) is 31.3. The van der Waals surface area contributed by atoms with Crippen LogP contribution >= 0.6 is 0 Å². The molecule has 214 valence electrons. The van der Waals surface area contributed by atoms with Crippen LogP contribution in [0.2, 0.25) is 0 Å². The zero-order valence-corrected chi connectivity index (χ0v) is 22.6. The predicted octanol–water partition coefficient (Wildman–Crippen LogP) is 0.689. The number of aromatic amines is 1. The topological polar surface area (TPSA) is 172 Å². The number of nitrogens with zero attached hydrogens (tertiary/aromatic N) is 1. The van der Waals surface area contributed by atoms with Crippen molar-refractivity contribution in [1.29, 1.82) is 0 Å². The van der Waals surface area contributed by atoms with Gasteiger partial charge in [-0.05, 0) is 19.3 Å². The first-order chi connectivity index (χ1) is 18.5. The maximum absolute atomic E-state index is 12.7. The lowest BCUT2D eigenvalue weighted by molar-refractivity contribution is -0.166. The van der Waals surface area contributed by atoms with E-state index in [1.165, 1.54) is 6.92 Å². The van der Waals surface area contributed by atoms with Gasteiger partial charge in [-0.2, -0.15) is 0 Å². The first-order valence-corrected chi connectivity index (χ1v) is 12.8. The van der Waals surface area contributed by atoms with E-state index < -0.39 is 53.7 Å². The van der Waals surface area contributed by atoms with Gasteiger partial charge >= 0.3 is 23.6 Å². The van der Waals surface area contributed by atoms with Crippen LogP contribution in [0.3, 0.4) is 0 Å². The summed E-state index contributed by atoms with van der Waals surface area (Å²) in [6.45, 7) is 5.80. The lowest BCUT2D eigenvalue weighted by Crippen LogP contribution is -2.42. The van der Waals surface area contributed by atoms with Crippen LogP contribution in [0.25, 0.3) is 0 Å². The molecule has 1 aromatic heterocycles. The molecule has 0 unspecified atom stereocenters. The molecule has 0 radical (unpaired) electrons. The first-order valence-electron chi connectivity index (χ1n) is 12.8. The zero-order chi connectivity index (χ0) is 28.9. The third kappa shape index (κ3) is 10.0. The van der Waals surface area contributed by atoms with Gasteiger partial charge in [0.15, 0.2) is 18.4 Å². The lowest BCUT2D eigenvalue weighted by Gasteiger charge is -2.23. The van der Waals surface area contributed by atoms with Crippen LogP contribution in [0.15, 0.2) is 15.8 Å². The quantitative estimate of drug-likeness (QED) is 0.163. The number of hydrogen-bond donors (Lipinski definition) is 2. The molecule has 2 heterocycles. The summed E-state index contributed by atoms with van der Waals surface area (Å²) in [4.78, 5) is 73.9. The molecule has 1 amide bonds. The van der Waals surface area contributed by atoms with Crippen molar-refractivity contribution < 1.29 is 38.1 Å². The number of carbonyl (C=O) groups excluding carboxylic acids is 4. The van der Waals surface area contributed by atoms with Gasteiger partial charge in [-0.15, -0.1) is 0 Å². The van der Waals surface area contributed by atoms with Crippen molar-refractivity contribution in [3.8, 4) is 11.8 Å². The Balaban J connectivity index is 2.21. The number of nitrogens with one attached hydrogen (secondary N) is 2. The van der Waals surface area contributed by atoms with Crippen LogP contribution in [0.5, 0.6) is 0 Å². The molecule has 1 fully saturated rings. The standard InChI is InChI=1S/C26H35N3O10/c1-5-6-13-27-21(33)12-10-8-7-9-11-19-14-29(26(35)28-24(19)34)25-23(38-18(4)32)22(37-17(3)31)20(39-25)15-36-16(2)30/h14,20,22-23,25H,5-8,10,12-13,15H2,1-4H3,(H,27,33)(H,28,34,35)/t20-,22-,23+,25-/m1/s1. The van der Waals surface area contributed by atoms with Crippen LogP contribution < -0.4 is 16.6 Å².